The Labute approximate surface area is 156 Å². The quantitative estimate of drug-likeness (QED) is 0.663. The van der Waals surface area contributed by atoms with E-state index in [0.29, 0.717) is 0 Å². The van der Waals surface area contributed by atoms with Gasteiger partial charge in [0, 0.05) is 11.6 Å². The number of rotatable bonds is 7. The fourth-order valence-electron chi connectivity index (χ4n) is 2.99. The molecule has 2 aromatic rings. The molecule has 3 N–H and O–H groups in total. The first-order chi connectivity index (χ1) is 12.8. The van der Waals surface area contributed by atoms with E-state index in [1.165, 1.54) is 36.4 Å². The molecule has 1 saturated carbocycles. The molecule has 8 nitrogen and oxygen atoms in total. The molecule has 1 amide bonds. The van der Waals surface area contributed by atoms with Crippen LogP contribution in [0.2, 0.25) is 0 Å². The third-order valence-corrected chi connectivity index (χ3v) is 5.90. The summed E-state index contributed by atoms with van der Waals surface area (Å²) in [5, 5.41) is 11.4. The standard InChI is InChI=1S/C18H20N2O6S/c21-17(19-11-14-8-9-16(26-14)18(22)23)12-4-3-7-15(10-12)27(24,25)20-13-5-1-2-6-13/h3-4,7-10,13,20H,1-2,5-6,11H2,(H,19,21)(H,22,23). The van der Waals surface area contributed by atoms with Crippen LogP contribution in [0.25, 0.3) is 0 Å². The zero-order valence-electron chi connectivity index (χ0n) is 14.5. The van der Waals surface area contributed by atoms with Gasteiger partial charge in [-0.25, -0.2) is 17.9 Å². The highest BCUT2D eigenvalue weighted by molar-refractivity contribution is 7.89. The van der Waals surface area contributed by atoms with E-state index in [-0.39, 0.29) is 34.6 Å². The summed E-state index contributed by atoms with van der Waals surface area (Å²) >= 11 is 0. The van der Waals surface area contributed by atoms with Gasteiger partial charge in [-0.15, -0.1) is 0 Å². The van der Waals surface area contributed by atoms with E-state index in [9.17, 15) is 18.0 Å². The minimum Gasteiger partial charge on any atom is -0.475 e. The van der Waals surface area contributed by atoms with Crippen LogP contribution in [0.5, 0.6) is 0 Å². The van der Waals surface area contributed by atoms with Gasteiger partial charge in [0.1, 0.15) is 5.76 Å². The Morgan fingerprint density at radius 2 is 1.89 bits per heavy atom. The van der Waals surface area contributed by atoms with Crippen LogP contribution >= 0.6 is 0 Å². The van der Waals surface area contributed by atoms with Crippen molar-refractivity contribution in [3.05, 3.63) is 53.5 Å². The number of amides is 1. The molecular weight excluding hydrogens is 372 g/mol. The summed E-state index contributed by atoms with van der Waals surface area (Å²) in [6.07, 6.45) is 3.65. The van der Waals surface area contributed by atoms with Gasteiger partial charge in [0.15, 0.2) is 0 Å². The van der Waals surface area contributed by atoms with Crippen LogP contribution in [-0.2, 0) is 16.6 Å². The normalized spacial score (nSPS) is 15.0. The van der Waals surface area contributed by atoms with Crippen LogP contribution in [0.4, 0.5) is 0 Å². The molecule has 0 radical (unpaired) electrons. The van der Waals surface area contributed by atoms with Crippen molar-refractivity contribution in [2.75, 3.05) is 0 Å². The molecule has 1 aromatic heterocycles. The van der Waals surface area contributed by atoms with Crippen LogP contribution in [0.15, 0.2) is 45.7 Å². The largest absolute Gasteiger partial charge is 0.475 e. The molecular formula is C18H20N2O6S. The Morgan fingerprint density at radius 1 is 1.15 bits per heavy atom. The maximum absolute atomic E-state index is 12.5. The zero-order chi connectivity index (χ0) is 19.4. The van der Waals surface area contributed by atoms with Crippen LogP contribution in [0, 0.1) is 0 Å². The molecule has 0 bridgehead atoms. The highest BCUT2D eigenvalue weighted by Crippen LogP contribution is 2.21. The van der Waals surface area contributed by atoms with Crippen molar-refractivity contribution in [1.82, 2.24) is 10.0 Å². The number of furan rings is 1. The van der Waals surface area contributed by atoms with Gasteiger partial charge in [-0.2, -0.15) is 0 Å². The van der Waals surface area contributed by atoms with E-state index in [0.717, 1.165) is 25.7 Å². The Hall–Kier alpha value is -2.65. The number of aromatic carboxylic acids is 1. The van der Waals surface area contributed by atoms with Crippen LogP contribution < -0.4 is 10.0 Å². The first kappa shape index (κ1) is 19.1. The summed E-state index contributed by atoms with van der Waals surface area (Å²) in [7, 11) is -3.69. The van der Waals surface area contributed by atoms with E-state index in [1.54, 1.807) is 0 Å². The third-order valence-electron chi connectivity index (χ3n) is 4.38. The average molecular weight is 392 g/mol. The molecule has 1 aromatic carbocycles. The number of carbonyl (C=O) groups excluding carboxylic acids is 1. The lowest BCUT2D eigenvalue weighted by Gasteiger charge is -2.13. The number of nitrogens with one attached hydrogen (secondary N) is 2. The Kier molecular flexibility index (Phi) is 5.62. The number of carboxylic acid groups (broad SMARTS) is 1. The molecule has 9 heteroatoms. The maximum Gasteiger partial charge on any atom is 0.371 e. The first-order valence-electron chi connectivity index (χ1n) is 8.58. The number of carbonyl (C=O) groups is 2. The monoisotopic (exact) mass is 392 g/mol. The molecule has 3 rings (SSSR count). The second-order valence-electron chi connectivity index (χ2n) is 6.38. The van der Waals surface area contributed by atoms with Crippen LogP contribution in [0.1, 0.15) is 52.4 Å². The molecule has 0 saturated heterocycles. The summed E-state index contributed by atoms with van der Waals surface area (Å²) in [6.45, 7) is -0.0105. The first-order valence-corrected chi connectivity index (χ1v) is 10.1. The van der Waals surface area contributed by atoms with E-state index in [2.05, 4.69) is 10.0 Å². The fourth-order valence-corrected chi connectivity index (χ4v) is 4.34. The summed E-state index contributed by atoms with van der Waals surface area (Å²) in [4.78, 5) is 23.1. The lowest BCUT2D eigenvalue weighted by atomic mass is 10.2. The Balaban J connectivity index is 1.66. The second kappa shape index (κ2) is 7.93. The SMILES string of the molecule is O=C(NCc1ccc(C(=O)O)o1)c1cccc(S(=O)(=O)NC2CCCC2)c1. The number of benzene rings is 1. The molecule has 1 aliphatic carbocycles. The van der Waals surface area contributed by atoms with E-state index in [4.69, 9.17) is 9.52 Å². The van der Waals surface area contributed by atoms with E-state index < -0.39 is 21.9 Å². The molecule has 1 heterocycles. The van der Waals surface area contributed by atoms with Gasteiger partial charge < -0.3 is 14.8 Å². The molecule has 0 spiro atoms. The summed E-state index contributed by atoms with van der Waals surface area (Å²) in [6, 6.07) is 8.47. The van der Waals surface area contributed by atoms with Gasteiger partial charge >= 0.3 is 5.97 Å². The van der Waals surface area contributed by atoms with Gasteiger partial charge in [0.2, 0.25) is 15.8 Å². The van der Waals surface area contributed by atoms with Gasteiger partial charge in [-0.3, -0.25) is 4.79 Å². The van der Waals surface area contributed by atoms with Crippen molar-refractivity contribution in [3.63, 3.8) is 0 Å². The molecule has 0 aliphatic heterocycles. The molecule has 0 atom stereocenters. The van der Waals surface area contributed by atoms with Crippen LogP contribution in [-0.4, -0.2) is 31.4 Å². The van der Waals surface area contributed by atoms with Gasteiger partial charge in [-0.05, 0) is 43.2 Å². The van der Waals surface area contributed by atoms with Gasteiger partial charge in [0.25, 0.3) is 5.91 Å². The smallest absolute Gasteiger partial charge is 0.371 e. The number of sulfonamides is 1. The summed E-state index contributed by atoms with van der Waals surface area (Å²) in [5.41, 5.74) is 0.189. The second-order valence-corrected chi connectivity index (χ2v) is 8.10. The van der Waals surface area contributed by atoms with Crippen LogP contribution in [0.3, 0.4) is 0 Å². The molecule has 27 heavy (non-hydrogen) atoms. The highest BCUT2D eigenvalue weighted by atomic mass is 32.2. The topological polar surface area (TPSA) is 126 Å². The Morgan fingerprint density at radius 3 is 2.56 bits per heavy atom. The van der Waals surface area contributed by atoms with Crippen molar-refractivity contribution in [2.45, 2.75) is 43.2 Å². The maximum atomic E-state index is 12.5. The molecule has 0 unspecified atom stereocenters. The molecule has 1 aliphatic rings. The predicted molar refractivity (Wildman–Crippen MR) is 95.9 cm³/mol. The lowest BCUT2D eigenvalue weighted by Crippen LogP contribution is -2.32. The highest BCUT2D eigenvalue weighted by Gasteiger charge is 2.23. The van der Waals surface area contributed by atoms with Crippen molar-refractivity contribution in [2.24, 2.45) is 0 Å². The van der Waals surface area contributed by atoms with E-state index >= 15 is 0 Å². The third kappa shape index (κ3) is 4.75. The fraction of sp³-hybridized carbons (Fsp3) is 0.333. The average Bonchev–Trinajstić information content (AvgIpc) is 3.31. The van der Waals surface area contributed by atoms with Crippen molar-refractivity contribution in [3.8, 4) is 0 Å². The van der Waals surface area contributed by atoms with Crippen molar-refractivity contribution in [1.29, 1.82) is 0 Å². The molecule has 144 valence electrons. The number of hydrogen-bond acceptors (Lipinski definition) is 5. The zero-order valence-corrected chi connectivity index (χ0v) is 15.3. The lowest BCUT2D eigenvalue weighted by molar-refractivity contribution is 0.0660. The van der Waals surface area contributed by atoms with E-state index in [1.807, 2.05) is 0 Å². The minimum atomic E-state index is -3.69. The van der Waals surface area contributed by atoms with Crippen molar-refractivity contribution >= 4 is 21.9 Å². The molecule has 1 fully saturated rings. The Bertz CT molecular complexity index is 944. The van der Waals surface area contributed by atoms with Crippen molar-refractivity contribution < 1.29 is 27.5 Å². The number of carboxylic acids is 1. The van der Waals surface area contributed by atoms with Gasteiger partial charge in [0.05, 0.1) is 11.4 Å². The van der Waals surface area contributed by atoms with Gasteiger partial charge in [-0.1, -0.05) is 18.9 Å². The number of hydrogen-bond donors (Lipinski definition) is 3. The summed E-state index contributed by atoms with van der Waals surface area (Å²) < 4.78 is 32.7. The predicted octanol–water partition coefficient (Wildman–Crippen LogP) is 2.13. The minimum absolute atomic E-state index is 0.0105. The summed E-state index contributed by atoms with van der Waals surface area (Å²) in [5.74, 6) is -1.61.